The molecule has 2 aromatic carbocycles. The van der Waals surface area contributed by atoms with Crippen LogP contribution in [0.2, 0.25) is 5.02 Å². The zero-order valence-corrected chi connectivity index (χ0v) is 20.9. The lowest BCUT2D eigenvalue weighted by atomic mass is 9.87. The fourth-order valence-electron chi connectivity index (χ4n) is 3.13. The number of carbonyl (C=O) groups is 2. The number of hydrogen-bond acceptors (Lipinski definition) is 6. The maximum atomic E-state index is 12.0. The van der Waals surface area contributed by atoms with Crippen molar-refractivity contribution in [2.45, 2.75) is 45.4 Å². The minimum absolute atomic E-state index is 0.0979. The van der Waals surface area contributed by atoms with Gasteiger partial charge < -0.3 is 14.8 Å². The molecule has 1 N–H and O–H groups in total. The number of thioether (sulfide) groups is 1. The molecule has 0 radical (unpaired) electrons. The van der Waals surface area contributed by atoms with Crippen LogP contribution in [0.4, 0.5) is 0 Å². The van der Waals surface area contributed by atoms with E-state index in [0.717, 1.165) is 11.3 Å². The molecule has 7 nitrogen and oxygen atoms in total. The van der Waals surface area contributed by atoms with Gasteiger partial charge in [-0.2, -0.15) is 0 Å². The predicted octanol–water partition coefficient (Wildman–Crippen LogP) is 5.10. The van der Waals surface area contributed by atoms with Gasteiger partial charge in [-0.05, 0) is 40.8 Å². The summed E-state index contributed by atoms with van der Waals surface area (Å²) in [6, 6.07) is 13.4. The second-order valence-electron chi connectivity index (χ2n) is 8.58. The van der Waals surface area contributed by atoms with Crippen molar-refractivity contribution in [2.24, 2.45) is 5.10 Å². The summed E-state index contributed by atoms with van der Waals surface area (Å²) in [4.78, 5) is 23.3. The summed E-state index contributed by atoms with van der Waals surface area (Å²) in [5.41, 5.74) is 2.11. The number of nitrogens with one attached hydrogen (secondary N) is 1. The molecule has 2 amide bonds. The average Bonchev–Trinajstić information content (AvgIpc) is 3.15. The highest BCUT2D eigenvalue weighted by molar-refractivity contribution is 8.14. The molecule has 1 aliphatic heterocycles. The standard InChI is InChI=1S/C24H28ClN3O4S/c1-15(29)26-23-27-28(16(2)30)22(33-23)17-6-11-21(20(25)14-17)32-13-12-31-19-9-7-18(8-10-19)24(3,4)5/h6-11,14,22H,12-13H2,1-5H3,(H,26,27,29)/t22-/m1/s1. The molecule has 0 unspecified atom stereocenters. The molecule has 1 atom stereocenters. The third-order valence-electron chi connectivity index (χ3n) is 4.82. The van der Waals surface area contributed by atoms with Crippen LogP contribution in [0.25, 0.3) is 0 Å². The molecule has 0 spiro atoms. The molecular weight excluding hydrogens is 462 g/mol. The number of amidine groups is 1. The molecule has 9 heteroatoms. The Balaban J connectivity index is 1.56. The average molecular weight is 490 g/mol. The number of benzene rings is 2. The number of hydrogen-bond donors (Lipinski definition) is 1. The molecule has 0 fully saturated rings. The van der Waals surface area contributed by atoms with E-state index in [9.17, 15) is 9.59 Å². The normalized spacial score (nSPS) is 15.8. The molecule has 1 heterocycles. The van der Waals surface area contributed by atoms with Crippen molar-refractivity contribution >= 4 is 40.3 Å². The van der Waals surface area contributed by atoms with Crippen molar-refractivity contribution in [1.82, 2.24) is 10.3 Å². The van der Waals surface area contributed by atoms with Gasteiger partial charge in [0.25, 0.3) is 0 Å². The van der Waals surface area contributed by atoms with Gasteiger partial charge in [-0.25, -0.2) is 5.01 Å². The van der Waals surface area contributed by atoms with Gasteiger partial charge in [0.15, 0.2) is 5.17 Å². The first-order valence-corrected chi connectivity index (χ1v) is 11.8. The van der Waals surface area contributed by atoms with Crippen LogP contribution in [0.5, 0.6) is 11.5 Å². The molecule has 0 aliphatic carbocycles. The number of hydrazone groups is 1. The minimum Gasteiger partial charge on any atom is -0.490 e. The molecule has 0 aromatic heterocycles. The summed E-state index contributed by atoms with van der Waals surface area (Å²) in [5.74, 6) is 0.814. The van der Waals surface area contributed by atoms with E-state index in [1.165, 1.54) is 36.2 Å². The van der Waals surface area contributed by atoms with Crippen LogP contribution in [-0.2, 0) is 15.0 Å². The number of carbonyl (C=O) groups excluding carboxylic acids is 2. The van der Waals surface area contributed by atoms with Crippen LogP contribution in [0, 0.1) is 0 Å². The Morgan fingerprint density at radius 2 is 1.76 bits per heavy atom. The van der Waals surface area contributed by atoms with Gasteiger partial charge in [-0.15, -0.1) is 5.10 Å². The Bertz CT molecular complexity index is 1050. The van der Waals surface area contributed by atoms with Crippen LogP contribution in [0.1, 0.15) is 51.1 Å². The van der Waals surface area contributed by atoms with Crippen LogP contribution in [0.3, 0.4) is 0 Å². The SMILES string of the molecule is CC(=O)NC1=NN(C(C)=O)[C@@H](c2ccc(OCCOc3ccc(C(C)(C)C)cc3)c(Cl)c2)S1. The number of halogens is 1. The summed E-state index contributed by atoms with van der Waals surface area (Å²) < 4.78 is 11.5. The number of amides is 2. The lowest BCUT2D eigenvalue weighted by molar-refractivity contribution is -0.129. The molecule has 0 saturated carbocycles. The maximum Gasteiger partial charge on any atom is 0.241 e. The summed E-state index contributed by atoms with van der Waals surface area (Å²) in [6.45, 7) is 10.0. The monoisotopic (exact) mass is 489 g/mol. The number of nitrogens with zero attached hydrogens (tertiary/aromatic N) is 2. The maximum absolute atomic E-state index is 12.0. The summed E-state index contributed by atoms with van der Waals surface area (Å²) in [7, 11) is 0. The van der Waals surface area contributed by atoms with Gasteiger partial charge in [0, 0.05) is 13.8 Å². The third-order valence-corrected chi connectivity index (χ3v) is 6.22. The second-order valence-corrected chi connectivity index (χ2v) is 10.1. The van der Waals surface area contributed by atoms with Crippen LogP contribution in [-0.4, -0.2) is 35.2 Å². The van der Waals surface area contributed by atoms with Gasteiger partial charge in [-0.1, -0.05) is 62.3 Å². The minimum atomic E-state index is -0.421. The van der Waals surface area contributed by atoms with Crippen molar-refractivity contribution in [3.05, 3.63) is 58.6 Å². The lowest BCUT2D eigenvalue weighted by Crippen LogP contribution is -2.25. The highest BCUT2D eigenvalue weighted by atomic mass is 35.5. The van der Waals surface area contributed by atoms with Gasteiger partial charge in [-0.3, -0.25) is 9.59 Å². The molecule has 3 rings (SSSR count). The van der Waals surface area contributed by atoms with Gasteiger partial charge in [0.1, 0.15) is 30.1 Å². The highest BCUT2D eigenvalue weighted by Crippen LogP contribution is 2.40. The quantitative estimate of drug-likeness (QED) is 0.571. The van der Waals surface area contributed by atoms with E-state index < -0.39 is 5.37 Å². The van der Waals surface area contributed by atoms with E-state index in [2.05, 4.69) is 43.3 Å². The van der Waals surface area contributed by atoms with E-state index >= 15 is 0 Å². The van der Waals surface area contributed by atoms with Crippen LogP contribution in [0.15, 0.2) is 47.6 Å². The zero-order chi connectivity index (χ0) is 24.2. The predicted molar refractivity (Wildman–Crippen MR) is 132 cm³/mol. The van der Waals surface area contributed by atoms with Crippen molar-refractivity contribution in [2.75, 3.05) is 13.2 Å². The molecule has 0 bridgehead atoms. The molecule has 33 heavy (non-hydrogen) atoms. The zero-order valence-electron chi connectivity index (χ0n) is 19.3. The van der Waals surface area contributed by atoms with Crippen molar-refractivity contribution < 1.29 is 19.1 Å². The second kappa shape index (κ2) is 10.5. The third kappa shape index (κ3) is 6.65. The Kier molecular flexibility index (Phi) is 7.92. The van der Waals surface area contributed by atoms with Crippen LogP contribution < -0.4 is 14.8 Å². The first-order valence-electron chi connectivity index (χ1n) is 10.5. The van der Waals surface area contributed by atoms with Crippen molar-refractivity contribution in [3.63, 3.8) is 0 Å². The topological polar surface area (TPSA) is 80.2 Å². The lowest BCUT2D eigenvalue weighted by Gasteiger charge is -2.20. The highest BCUT2D eigenvalue weighted by Gasteiger charge is 2.32. The van der Waals surface area contributed by atoms with Crippen LogP contribution >= 0.6 is 23.4 Å². The first kappa shape index (κ1) is 24.9. The summed E-state index contributed by atoms with van der Waals surface area (Å²) in [5, 5.41) is 8.49. The Morgan fingerprint density at radius 1 is 1.09 bits per heavy atom. The van der Waals surface area contributed by atoms with Crippen molar-refractivity contribution in [3.8, 4) is 11.5 Å². The Morgan fingerprint density at radius 3 is 2.33 bits per heavy atom. The number of rotatable bonds is 6. The molecule has 1 aliphatic rings. The van der Waals surface area contributed by atoms with E-state index in [4.69, 9.17) is 21.1 Å². The smallest absolute Gasteiger partial charge is 0.241 e. The molecule has 176 valence electrons. The molecule has 2 aromatic rings. The first-order chi connectivity index (χ1) is 15.5. The van der Waals surface area contributed by atoms with Gasteiger partial charge >= 0.3 is 0 Å². The fourth-order valence-corrected chi connectivity index (χ4v) is 4.50. The van der Waals surface area contributed by atoms with E-state index in [0.29, 0.717) is 29.2 Å². The Labute approximate surface area is 203 Å². The Hall–Kier alpha value is -2.71. The number of ether oxygens (including phenoxy) is 2. The van der Waals surface area contributed by atoms with Crippen molar-refractivity contribution in [1.29, 1.82) is 0 Å². The fraction of sp³-hybridized carbons (Fsp3) is 0.375. The largest absolute Gasteiger partial charge is 0.490 e. The van der Waals surface area contributed by atoms with Gasteiger partial charge in [0.05, 0.1) is 5.02 Å². The van der Waals surface area contributed by atoms with E-state index in [1.54, 1.807) is 12.1 Å². The summed E-state index contributed by atoms with van der Waals surface area (Å²) in [6.07, 6.45) is 0. The van der Waals surface area contributed by atoms with Gasteiger partial charge in [0.2, 0.25) is 11.8 Å². The molecule has 0 saturated heterocycles. The van der Waals surface area contributed by atoms with E-state index in [-0.39, 0.29) is 17.2 Å². The van der Waals surface area contributed by atoms with E-state index in [1.807, 2.05) is 18.2 Å². The molecular formula is C24H28ClN3O4S. The summed E-state index contributed by atoms with van der Waals surface area (Å²) >= 11 is 7.69.